The summed E-state index contributed by atoms with van der Waals surface area (Å²) in [5.74, 6) is 0.259. The lowest BCUT2D eigenvalue weighted by molar-refractivity contribution is -0.123. The van der Waals surface area contributed by atoms with Crippen molar-refractivity contribution >= 4 is 52.8 Å². The Kier molecular flexibility index (Phi) is 8.22. The minimum atomic E-state index is -0.397. The van der Waals surface area contributed by atoms with Gasteiger partial charge in [0, 0.05) is 15.1 Å². The van der Waals surface area contributed by atoms with E-state index in [2.05, 4.69) is 0 Å². The van der Waals surface area contributed by atoms with Crippen LogP contribution in [-0.2, 0) is 24.5 Å². The lowest BCUT2D eigenvalue weighted by atomic mass is 10.1. The summed E-state index contributed by atoms with van der Waals surface area (Å²) in [6, 6.07) is 28.7. The van der Waals surface area contributed by atoms with Crippen LogP contribution < -0.4 is 4.74 Å². The molecule has 0 saturated carbocycles. The lowest BCUT2D eigenvalue weighted by Gasteiger charge is -2.17. The Morgan fingerprint density at radius 3 is 1.72 bits per heavy atom. The molecule has 0 N–H and O–H groups in total. The van der Waals surface area contributed by atoms with E-state index in [1.165, 1.54) is 9.80 Å². The number of hydrogen-bond donors (Lipinski definition) is 0. The third kappa shape index (κ3) is 6.63. The lowest BCUT2D eigenvalue weighted by Crippen LogP contribution is -2.32. The number of halogens is 3. The fraction of sp³-hybridized carbons (Fsp3) is 0.0968. The van der Waals surface area contributed by atoms with Gasteiger partial charge >= 0.3 is 6.03 Å². The first kappa shape index (κ1) is 26.8. The topological polar surface area (TPSA) is 49.9 Å². The summed E-state index contributed by atoms with van der Waals surface area (Å²) >= 11 is 18.0. The average molecular weight is 578 g/mol. The predicted octanol–water partition coefficient (Wildman–Crippen LogP) is 8.23. The van der Waals surface area contributed by atoms with Crippen molar-refractivity contribution in [2.24, 2.45) is 0 Å². The number of ether oxygens (including phenoxy) is 1. The van der Waals surface area contributed by atoms with E-state index in [4.69, 9.17) is 39.5 Å². The van der Waals surface area contributed by atoms with Crippen LogP contribution >= 0.6 is 34.8 Å². The number of amides is 3. The smallest absolute Gasteiger partial charge is 0.332 e. The number of benzene rings is 4. The Bertz CT molecular complexity index is 1520. The molecule has 5 nitrogen and oxygen atoms in total. The van der Waals surface area contributed by atoms with Crippen LogP contribution in [0.15, 0.2) is 103 Å². The standard InChI is InChI=1S/C31H23Cl3N2O3/c32-25-10-4-21(5-11-25)18-35-29(30(37)36(31(35)38)19-22-6-12-26(33)13-7-22)17-24-2-1-3-28(16-24)39-20-23-8-14-27(34)15-9-23/h1-17H,18-20H2/b29-17+. The monoisotopic (exact) mass is 576 g/mol. The van der Waals surface area contributed by atoms with Gasteiger partial charge in [0.1, 0.15) is 18.1 Å². The number of rotatable bonds is 8. The predicted molar refractivity (Wildman–Crippen MR) is 155 cm³/mol. The molecule has 1 aliphatic heterocycles. The van der Waals surface area contributed by atoms with Crippen molar-refractivity contribution in [2.75, 3.05) is 0 Å². The zero-order valence-electron chi connectivity index (χ0n) is 20.7. The third-order valence-electron chi connectivity index (χ3n) is 6.21. The fourth-order valence-electron chi connectivity index (χ4n) is 4.17. The molecule has 0 spiro atoms. The van der Waals surface area contributed by atoms with E-state index in [1.807, 2.05) is 60.7 Å². The van der Waals surface area contributed by atoms with E-state index < -0.39 is 6.03 Å². The summed E-state index contributed by atoms with van der Waals surface area (Å²) in [5, 5.41) is 1.84. The van der Waals surface area contributed by atoms with Crippen molar-refractivity contribution in [2.45, 2.75) is 19.7 Å². The summed E-state index contributed by atoms with van der Waals surface area (Å²) in [6.07, 6.45) is 1.72. The van der Waals surface area contributed by atoms with E-state index in [-0.39, 0.29) is 24.7 Å². The van der Waals surface area contributed by atoms with Gasteiger partial charge in [0.2, 0.25) is 0 Å². The summed E-state index contributed by atoms with van der Waals surface area (Å²) in [4.78, 5) is 29.8. The molecule has 1 heterocycles. The van der Waals surface area contributed by atoms with Crippen molar-refractivity contribution < 1.29 is 14.3 Å². The first-order valence-electron chi connectivity index (χ1n) is 12.2. The minimum Gasteiger partial charge on any atom is -0.489 e. The van der Waals surface area contributed by atoms with Gasteiger partial charge in [0.25, 0.3) is 5.91 Å². The molecule has 196 valence electrons. The Labute approximate surface area is 241 Å². The van der Waals surface area contributed by atoms with Gasteiger partial charge in [-0.15, -0.1) is 0 Å². The van der Waals surface area contributed by atoms with Gasteiger partial charge in [0.15, 0.2) is 0 Å². The molecule has 4 aromatic rings. The molecule has 4 aromatic carbocycles. The Morgan fingerprint density at radius 1 is 0.641 bits per heavy atom. The largest absolute Gasteiger partial charge is 0.489 e. The van der Waals surface area contributed by atoms with Gasteiger partial charge in [-0.05, 0) is 76.9 Å². The Morgan fingerprint density at radius 2 is 1.15 bits per heavy atom. The van der Waals surface area contributed by atoms with Crippen LogP contribution in [0.4, 0.5) is 4.79 Å². The number of hydrogen-bond acceptors (Lipinski definition) is 3. The molecule has 0 aliphatic carbocycles. The second-order valence-corrected chi connectivity index (χ2v) is 10.3. The van der Waals surface area contributed by atoms with Crippen LogP contribution in [0, 0.1) is 0 Å². The molecule has 0 unspecified atom stereocenters. The van der Waals surface area contributed by atoms with Crippen LogP contribution in [0.1, 0.15) is 22.3 Å². The molecule has 39 heavy (non-hydrogen) atoms. The highest BCUT2D eigenvalue weighted by atomic mass is 35.5. The first-order chi connectivity index (χ1) is 18.9. The zero-order chi connectivity index (χ0) is 27.4. The maximum atomic E-state index is 13.6. The molecule has 1 aliphatic rings. The molecule has 5 rings (SSSR count). The molecule has 1 fully saturated rings. The van der Waals surface area contributed by atoms with E-state index in [9.17, 15) is 9.59 Å². The second-order valence-electron chi connectivity index (χ2n) is 9.03. The van der Waals surface area contributed by atoms with Crippen LogP contribution in [0.25, 0.3) is 6.08 Å². The molecular formula is C31H23Cl3N2O3. The average Bonchev–Trinajstić information content (AvgIpc) is 3.15. The van der Waals surface area contributed by atoms with Crippen LogP contribution in [0.5, 0.6) is 5.75 Å². The van der Waals surface area contributed by atoms with Gasteiger partial charge < -0.3 is 4.74 Å². The maximum Gasteiger partial charge on any atom is 0.332 e. The van der Waals surface area contributed by atoms with E-state index in [0.717, 1.165) is 22.3 Å². The van der Waals surface area contributed by atoms with E-state index in [1.54, 1.807) is 42.5 Å². The fourth-order valence-corrected chi connectivity index (χ4v) is 4.54. The van der Waals surface area contributed by atoms with Crippen LogP contribution in [-0.4, -0.2) is 21.7 Å². The second kappa shape index (κ2) is 12.0. The van der Waals surface area contributed by atoms with Gasteiger partial charge in [-0.25, -0.2) is 4.79 Å². The molecule has 0 bridgehead atoms. The first-order valence-corrected chi connectivity index (χ1v) is 13.3. The molecular weight excluding hydrogens is 555 g/mol. The maximum absolute atomic E-state index is 13.6. The van der Waals surface area contributed by atoms with Crippen molar-refractivity contribution in [1.29, 1.82) is 0 Å². The molecule has 1 saturated heterocycles. The van der Waals surface area contributed by atoms with Gasteiger partial charge in [-0.2, -0.15) is 0 Å². The Balaban J connectivity index is 1.42. The summed E-state index contributed by atoms with van der Waals surface area (Å²) in [6.45, 7) is 0.719. The van der Waals surface area contributed by atoms with Gasteiger partial charge in [-0.1, -0.05) is 83.3 Å². The van der Waals surface area contributed by atoms with Crippen LogP contribution in [0.3, 0.4) is 0 Å². The normalized spacial score (nSPS) is 14.4. The molecule has 0 atom stereocenters. The van der Waals surface area contributed by atoms with E-state index >= 15 is 0 Å². The summed E-state index contributed by atoms with van der Waals surface area (Å²) in [5.41, 5.74) is 3.63. The minimum absolute atomic E-state index is 0.132. The number of imide groups is 1. The van der Waals surface area contributed by atoms with Gasteiger partial charge in [0.05, 0.1) is 13.1 Å². The highest BCUT2D eigenvalue weighted by Gasteiger charge is 2.40. The highest BCUT2D eigenvalue weighted by Crippen LogP contribution is 2.29. The summed E-state index contributed by atoms with van der Waals surface area (Å²) < 4.78 is 5.96. The Hall–Kier alpha value is -3.77. The zero-order valence-corrected chi connectivity index (χ0v) is 23.0. The highest BCUT2D eigenvalue weighted by molar-refractivity contribution is 6.31. The van der Waals surface area contributed by atoms with Crippen molar-refractivity contribution in [3.8, 4) is 5.75 Å². The van der Waals surface area contributed by atoms with Gasteiger partial charge in [-0.3, -0.25) is 14.6 Å². The summed E-state index contributed by atoms with van der Waals surface area (Å²) in [7, 11) is 0. The number of carbonyl (C=O) groups excluding carboxylic acids is 2. The number of nitrogens with zero attached hydrogens (tertiary/aromatic N) is 2. The third-order valence-corrected chi connectivity index (χ3v) is 6.96. The number of urea groups is 1. The molecule has 0 aromatic heterocycles. The quantitative estimate of drug-likeness (QED) is 0.157. The molecule has 0 radical (unpaired) electrons. The van der Waals surface area contributed by atoms with Crippen molar-refractivity contribution in [1.82, 2.24) is 9.80 Å². The SMILES string of the molecule is O=C1/C(=C\c2cccc(OCc3ccc(Cl)cc3)c2)N(Cc2ccc(Cl)cc2)C(=O)N1Cc1ccc(Cl)cc1. The van der Waals surface area contributed by atoms with E-state index in [0.29, 0.717) is 27.4 Å². The molecule has 3 amide bonds. The van der Waals surface area contributed by atoms with Crippen molar-refractivity contribution in [3.05, 3.63) is 140 Å². The molecule has 8 heteroatoms. The van der Waals surface area contributed by atoms with Crippen molar-refractivity contribution in [3.63, 3.8) is 0 Å². The van der Waals surface area contributed by atoms with Crippen LogP contribution in [0.2, 0.25) is 15.1 Å². The number of carbonyl (C=O) groups is 2.